The molecule has 0 atom stereocenters. The molecule has 1 aromatic rings. The number of nitrogens with two attached hydrogens (primary N) is 1. The third kappa shape index (κ3) is 2.51. The van der Waals surface area contributed by atoms with Gasteiger partial charge in [-0.1, -0.05) is 13.8 Å². The summed E-state index contributed by atoms with van der Waals surface area (Å²) in [5, 5.41) is 0.520. The number of sulfone groups is 1. The van der Waals surface area contributed by atoms with Crippen LogP contribution < -0.4 is 10.6 Å². The van der Waals surface area contributed by atoms with Gasteiger partial charge in [-0.05, 0) is 0 Å². The van der Waals surface area contributed by atoms with Crippen LogP contribution in [0.25, 0.3) is 0 Å². The van der Waals surface area contributed by atoms with E-state index in [1.165, 1.54) is 0 Å². The highest BCUT2D eigenvalue weighted by Crippen LogP contribution is 2.41. The van der Waals surface area contributed by atoms with E-state index in [1.807, 2.05) is 0 Å². The lowest BCUT2D eigenvalue weighted by Gasteiger charge is -2.12. The Morgan fingerprint density at radius 1 is 1.33 bits per heavy atom. The fraction of sp³-hybridized carbons (Fsp3) is 0.545. The summed E-state index contributed by atoms with van der Waals surface area (Å²) >= 11 is 1.14. The molecule has 0 unspecified atom stereocenters. The summed E-state index contributed by atoms with van der Waals surface area (Å²) in [6, 6.07) is 0. The minimum Gasteiger partial charge on any atom is -0.396 e. The number of thiophene rings is 1. The maximum atomic E-state index is 12.1. The predicted octanol–water partition coefficient (Wildman–Crippen LogP) is 1.78. The van der Waals surface area contributed by atoms with Crippen molar-refractivity contribution in [3.8, 4) is 0 Å². The van der Waals surface area contributed by atoms with Gasteiger partial charge in [0.2, 0.25) is 0 Å². The Kier molecular flexibility index (Phi) is 4.39. The van der Waals surface area contributed by atoms with Gasteiger partial charge in [0.15, 0.2) is 15.6 Å². The summed E-state index contributed by atoms with van der Waals surface area (Å²) < 4.78 is 24.1. The van der Waals surface area contributed by atoms with Crippen LogP contribution in [0.1, 0.15) is 29.9 Å². The van der Waals surface area contributed by atoms with E-state index in [9.17, 15) is 13.2 Å². The zero-order valence-electron chi connectivity index (χ0n) is 11.0. The average molecular weight is 290 g/mol. The smallest absolute Gasteiger partial charge is 0.183 e. The van der Waals surface area contributed by atoms with Crippen molar-refractivity contribution in [1.29, 1.82) is 0 Å². The van der Waals surface area contributed by atoms with E-state index in [-0.39, 0.29) is 22.1 Å². The van der Waals surface area contributed by atoms with Crippen LogP contribution in [0.5, 0.6) is 0 Å². The first-order valence-electron chi connectivity index (χ1n) is 5.61. The van der Waals surface area contributed by atoms with E-state index in [2.05, 4.69) is 0 Å². The number of anilines is 2. The van der Waals surface area contributed by atoms with Crippen LogP contribution in [-0.4, -0.2) is 34.0 Å². The van der Waals surface area contributed by atoms with Crippen molar-refractivity contribution in [3.63, 3.8) is 0 Å². The van der Waals surface area contributed by atoms with Crippen molar-refractivity contribution in [3.05, 3.63) is 4.88 Å². The molecule has 0 aliphatic rings. The number of hydrogen-bond acceptors (Lipinski definition) is 6. The molecule has 0 spiro atoms. The van der Waals surface area contributed by atoms with Gasteiger partial charge in [0.25, 0.3) is 0 Å². The maximum Gasteiger partial charge on any atom is 0.183 e. The van der Waals surface area contributed by atoms with Gasteiger partial charge in [0, 0.05) is 20.5 Å². The number of nitrogens with zero attached hydrogens (tertiary/aromatic N) is 1. The maximum absolute atomic E-state index is 12.1. The lowest BCUT2D eigenvalue weighted by atomic mass is 10.2. The quantitative estimate of drug-likeness (QED) is 0.836. The monoisotopic (exact) mass is 290 g/mol. The molecule has 0 aliphatic carbocycles. The van der Waals surface area contributed by atoms with Crippen LogP contribution in [0.3, 0.4) is 0 Å². The second-order valence-corrected chi connectivity index (χ2v) is 7.27. The van der Waals surface area contributed by atoms with Crippen LogP contribution in [0.4, 0.5) is 10.7 Å². The Balaban J connectivity index is 3.59. The van der Waals surface area contributed by atoms with Crippen LogP contribution in [0.15, 0.2) is 4.90 Å². The summed E-state index contributed by atoms with van der Waals surface area (Å²) in [5.41, 5.74) is 5.96. The average Bonchev–Trinajstić information content (AvgIpc) is 2.66. The minimum atomic E-state index is -3.43. The fourth-order valence-electron chi connectivity index (χ4n) is 1.52. The normalized spacial score (nSPS) is 11.6. The lowest BCUT2D eigenvalue weighted by molar-refractivity contribution is 0.0992. The molecule has 0 saturated carbocycles. The zero-order valence-corrected chi connectivity index (χ0v) is 12.6. The van der Waals surface area contributed by atoms with Crippen molar-refractivity contribution < 1.29 is 13.2 Å². The number of nitrogen functional groups attached to an aromatic ring is 1. The number of Topliss-reactive ketones (excluding diaryl/α,β-unsaturated/α-hetero) is 1. The zero-order chi connectivity index (χ0) is 14.1. The van der Waals surface area contributed by atoms with Crippen molar-refractivity contribution >= 4 is 37.6 Å². The molecule has 1 heterocycles. The van der Waals surface area contributed by atoms with Gasteiger partial charge in [0.05, 0.1) is 16.3 Å². The molecule has 1 aromatic heterocycles. The summed E-state index contributed by atoms with van der Waals surface area (Å²) in [7, 11) is 0.0386. The van der Waals surface area contributed by atoms with Gasteiger partial charge < -0.3 is 10.6 Å². The minimum absolute atomic E-state index is 0.0332. The Morgan fingerprint density at radius 2 is 1.89 bits per heavy atom. The van der Waals surface area contributed by atoms with Gasteiger partial charge >= 0.3 is 0 Å². The molecule has 2 N–H and O–H groups in total. The van der Waals surface area contributed by atoms with Gasteiger partial charge in [0.1, 0.15) is 9.90 Å². The summed E-state index contributed by atoms with van der Waals surface area (Å²) in [4.78, 5) is 13.9. The van der Waals surface area contributed by atoms with E-state index in [4.69, 9.17) is 5.73 Å². The Labute approximate surface area is 112 Å². The molecule has 7 heteroatoms. The van der Waals surface area contributed by atoms with Crippen LogP contribution in [-0.2, 0) is 9.84 Å². The third-order valence-corrected chi connectivity index (χ3v) is 5.89. The largest absolute Gasteiger partial charge is 0.396 e. The number of rotatable bonds is 5. The molecule has 0 amide bonds. The second kappa shape index (κ2) is 5.27. The highest BCUT2D eigenvalue weighted by molar-refractivity contribution is 7.92. The van der Waals surface area contributed by atoms with E-state index >= 15 is 0 Å². The molecule has 1 rings (SSSR count). The van der Waals surface area contributed by atoms with Crippen LogP contribution in [0.2, 0.25) is 0 Å². The third-order valence-electron chi connectivity index (χ3n) is 2.55. The van der Waals surface area contributed by atoms with E-state index in [0.717, 1.165) is 11.3 Å². The first kappa shape index (κ1) is 15.0. The molecular formula is C11H18N2O3S2. The summed E-state index contributed by atoms with van der Waals surface area (Å²) in [5.74, 6) is -0.160. The molecule has 18 heavy (non-hydrogen) atoms. The van der Waals surface area contributed by atoms with Gasteiger partial charge in [-0.25, -0.2) is 8.42 Å². The van der Waals surface area contributed by atoms with E-state index in [0.29, 0.717) is 16.3 Å². The molecule has 0 fully saturated rings. The second-order valence-electron chi connectivity index (χ2n) is 4.05. The number of hydrogen-bond donors (Lipinski definition) is 1. The van der Waals surface area contributed by atoms with Crippen LogP contribution in [0, 0.1) is 0 Å². The first-order valence-corrected chi connectivity index (χ1v) is 8.08. The molecule has 0 aliphatic heterocycles. The summed E-state index contributed by atoms with van der Waals surface area (Å²) in [6.45, 7) is 3.29. The van der Waals surface area contributed by atoms with Gasteiger partial charge in [-0.2, -0.15) is 0 Å². The first-order chi connectivity index (χ1) is 8.26. The highest BCUT2D eigenvalue weighted by Gasteiger charge is 2.28. The Morgan fingerprint density at radius 3 is 2.28 bits per heavy atom. The topological polar surface area (TPSA) is 80.5 Å². The lowest BCUT2D eigenvalue weighted by Crippen LogP contribution is -2.14. The summed E-state index contributed by atoms with van der Waals surface area (Å²) in [6.07, 6.45) is 0.309. The van der Waals surface area contributed by atoms with Crippen molar-refractivity contribution in [2.75, 3.05) is 30.5 Å². The van der Waals surface area contributed by atoms with Crippen molar-refractivity contribution in [1.82, 2.24) is 0 Å². The molecule has 0 aromatic carbocycles. The predicted molar refractivity (Wildman–Crippen MR) is 75.4 cm³/mol. The Hall–Kier alpha value is -1.08. The standard InChI is InChI=1S/C11H18N2O3S2/c1-5-7(14)9-8(12)10(18(15,16)6-2)11(17-9)13(3)4/h5-6,12H2,1-4H3. The fourth-order valence-corrected chi connectivity index (χ4v) is 4.32. The van der Waals surface area contributed by atoms with Crippen molar-refractivity contribution in [2.45, 2.75) is 25.2 Å². The molecule has 102 valence electrons. The molecule has 5 nitrogen and oxygen atoms in total. The molecular weight excluding hydrogens is 272 g/mol. The van der Waals surface area contributed by atoms with E-state index in [1.54, 1.807) is 32.8 Å². The number of carbonyl (C=O) groups excluding carboxylic acids is 1. The molecule has 0 radical (unpaired) electrons. The van der Waals surface area contributed by atoms with E-state index < -0.39 is 9.84 Å². The van der Waals surface area contributed by atoms with Gasteiger partial charge in [-0.15, -0.1) is 11.3 Å². The number of carbonyl (C=O) groups is 1. The van der Waals surface area contributed by atoms with Crippen molar-refractivity contribution in [2.24, 2.45) is 0 Å². The molecule has 0 saturated heterocycles. The molecule has 0 bridgehead atoms. The van der Waals surface area contributed by atoms with Crippen LogP contribution >= 0.6 is 11.3 Å². The Bertz CT molecular complexity index is 559. The SMILES string of the molecule is CCC(=O)c1sc(N(C)C)c(S(=O)(=O)CC)c1N. The van der Waals surface area contributed by atoms with Gasteiger partial charge in [-0.3, -0.25) is 4.79 Å². The number of ketones is 1. The highest BCUT2D eigenvalue weighted by atomic mass is 32.2.